The molecule has 1 aliphatic heterocycles. The summed E-state index contributed by atoms with van der Waals surface area (Å²) < 4.78 is 5.44. The summed E-state index contributed by atoms with van der Waals surface area (Å²) in [6.07, 6.45) is 1.74. The molecule has 0 aromatic carbocycles. The Morgan fingerprint density at radius 2 is 2.43 bits per heavy atom. The highest BCUT2D eigenvalue weighted by molar-refractivity contribution is 5.46. The lowest BCUT2D eigenvalue weighted by Crippen LogP contribution is -2.41. The van der Waals surface area contributed by atoms with Gasteiger partial charge in [-0.05, 0) is 6.92 Å². The molecule has 76 valence electrons. The van der Waals surface area contributed by atoms with Crippen molar-refractivity contribution >= 4 is 11.6 Å². The number of hydrogen-bond donors (Lipinski definition) is 1. The zero-order chi connectivity index (χ0) is 9.97. The van der Waals surface area contributed by atoms with Crippen LogP contribution in [-0.2, 0) is 4.74 Å². The first-order valence-electron chi connectivity index (χ1n) is 4.70. The van der Waals surface area contributed by atoms with Crippen LogP contribution in [0.15, 0.2) is 12.4 Å². The van der Waals surface area contributed by atoms with Crippen molar-refractivity contribution in [3.05, 3.63) is 12.4 Å². The van der Waals surface area contributed by atoms with E-state index in [-0.39, 0.29) is 6.10 Å². The predicted octanol–water partition coefficient (Wildman–Crippen LogP) is 0.284. The molecule has 1 aromatic rings. The van der Waals surface area contributed by atoms with Gasteiger partial charge in [-0.3, -0.25) is 0 Å². The van der Waals surface area contributed by atoms with Crippen LogP contribution in [0.25, 0.3) is 0 Å². The summed E-state index contributed by atoms with van der Waals surface area (Å²) in [6, 6.07) is 1.79. The van der Waals surface area contributed by atoms with E-state index in [4.69, 9.17) is 10.5 Å². The number of ether oxygens (including phenoxy) is 1. The van der Waals surface area contributed by atoms with Crippen molar-refractivity contribution in [3.63, 3.8) is 0 Å². The Morgan fingerprint density at radius 3 is 3.14 bits per heavy atom. The predicted molar refractivity (Wildman–Crippen MR) is 54.1 cm³/mol. The quantitative estimate of drug-likeness (QED) is 0.695. The van der Waals surface area contributed by atoms with Gasteiger partial charge in [0.1, 0.15) is 18.0 Å². The molecule has 14 heavy (non-hydrogen) atoms. The summed E-state index contributed by atoms with van der Waals surface area (Å²) in [5.41, 5.74) is 5.59. The number of anilines is 2. The van der Waals surface area contributed by atoms with Crippen molar-refractivity contribution in [1.29, 1.82) is 0 Å². The molecule has 2 rings (SSSR count). The summed E-state index contributed by atoms with van der Waals surface area (Å²) in [7, 11) is 0. The molecule has 1 fully saturated rings. The van der Waals surface area contributed by atoms with Crippen molar-refractivity contribution in [2.75, 3.05) is 30.3 Å². The van der Waals surface area contributed by atoms with Crippen LogP contribution in [0.1, 0.15) is 6.92 Å². The fraction of sp³-hybridized carbons (Fsp3) is 0.556. The van der Waals surface area contributed by atoms with E-state index in [1.807, 2.05) is 0 Å². The van der Waals surface area contributed by atoms with E-state index in [0.29, 0.717) is 5.82 Å². The Labute approximate surface area is 82.9 Å². The van der Waals surface area contributed by atoms with E-state index in [1.54, 1.807) is 6.07 Å². The largest absolute Gasteiger partial charge is 0.384 e. The van der Waals surface area contributed by atoms with Crippen molar-refractivity contribution in [2.45, 2.75) is 13.0 Å². The van der Waals surface area contributed by atoms with Gasteiger partial charge in [-0.1, -0.05) is 0 Å². The van der Waals surface area contributed by atoms with E-state index in [2.05, 4.69) is 21.8 Å². The summed E-state index contributed by atoms with van der Waals surface area (Å²) in [5.74, 6) is 1.39. The monoisotopic (exact) mass is 194 g/mol. The second kappa shape index (κ2) is 3.79. The molecule has 0 spiro atoms. The number of hydrogen-bond acceptors (Lipinski definition) is 5. The number of nitrogens with zero attached hydrogens (tertiary/aromatic N) is 3. The minimum atomic E-state index is 0.250. The number of aromatic nitrogens is 2. The molecule has 0 bridgehead atoms. The van der Waals surface area contributed by atoms with Gasteiger partial charge in [-0.15, -0.1) is 0 Å². The summed E-state index contributed by atoms with van der Waals surface area (Å²) in [6.45, 7) is 4.51. The highest BCUT2D eigenvalue weighted by Gasteiger charge is 2.17. The smallest absolute Gasteiger partial charge is 0.134 e. The molecule has 0 aliphatic carbocycles. The average Bonchev–Trinajstić information content (AvgIpc) is 2.18. The van der Waals surface area contributed by atoms with Crippen LogP contribution in [0.2, 0.25) is 0 Å². The molecular formula is C9H14N4O. The maximum atomic E-state index is 5.59. The minimum absolute atomic E-state index is 0.250. The van der Waals surface area contributed by atoms with Crippen LogP contribution < -0.4 is 10.6 Å². The Morgan fingerprint density at radius 1 is 1.57 bits per heavy atom. The first kappa shape index (κ1) is 9.21. The molecule has 5 nitrogen and oxygen atoms in total. The highest BCUT2D eigenvalue weighted by atomic mass is 16.5. The molecule has 0 unspecified atom stereocenters. The number of nitrogen functional groups attached to an aromatic ring is 1. The van der Waals surface area contributed by atoms with Gasteiger partial charge in [0.15, 0.2) is 0 Å². The zero-order valence-corrected chi connectivity index (χ0v) is 8.18. The van der Waals surface area contributed by atoms with Gasteiger partial charge in [0.2, 0.25) is 0 Å². The Hall–Kier alpha value is -1.36. The fourth-order valence-corrected chi connectivity index (χ4v) is 1.56. The lowest BCUT2D eigenvalue weighted by Gasteiger charge is -2.31. The second-order valence-corrected chi connectivity index (χ2v) is 3.43. The van der Waals surface area contributed by atoms with Gasteiger partial charge >= 0.3 is 0 Å². The summed E-state index contributed by atoms with van der Waals surface area (Å²) in [4.78, 5) is 10.2. The van der Waals surface area contributed by atoms with Gasteiger partial charge in [-0.2, -0.15) is 0 Å². The molecule has 5 heteroatoms. The molecule has 0 radical (unpaired) electrons. The second-order valence-electron chi connectivity index (χ2n) is 3.43. The van der Waals surface area contributed by atoms with Crippen LogP contribution in [-0.4, -0.2) is 35.8 Å². The van der Waals surface area contributed by atoms with Gasteiger partial charge in [0.05, 0.1) is 12.7 Å². The SMILES string of the molecule is C[C@@H]1CN(c2cc(N)ncn2)CCO1. The van der Waals surface area contributed by atoms with Crippen LogP contribution in [0, 0.1) is 0 Å². The van der Waals surface area contributed by atoms with E-state index in [9.17, 15) is 0 Å². The number of rotatable bonds is 1. The Kier molecular flexibility index (Phi) is 2.49. The maximum absolute atomic E-state index is 5.59. The molecule has 1 aliphatic rings. The van der Waals surface area contributed by atoms with Crippen LogP contribution in [0.4, 0.5) is 11.6 Å². The number of nitrogens with two attached hydrogens (primary N) is 1. The first-order chi connectivity index (χ1) is 6.75. The van der Waals surface area contributed by atoms with Crippen molar-refractivity contribution in [3.8, 4) is 0 Å². The minimum Gasteiger partial charge on any atom is -0.384 e. The lowest BCUT2D eigenvalue weighted by molar-refractivity contribution is 0.0529. The van der Waals surface area contributed by atoms with Crippen LogP contribution in [0.3, 0.4) is 0 Å². The van der Waals surface area contributed by atoms with Crippen LogP contribution in [0.5, 0.6) is 0 Å². The highest BCUT2D eigenvalue weighted by Crippen LogP contribution is 2.15. The third kappa shape index (κ3) is 1.93. The standard InChI is InChI=1S/C9H14N4O/c1-7-5-13(2-3-14-7)9-4-8(10)11-6-12-9/h4,6-7H,2-3,5H2,1H3,(H2,10,11,12)/t7-/m1/s1. The van der Waals surface area contributed by atoms with Gasteiger partial charge in [0.25, 0.3) is 0 Å². The van der Waals surface area contributed by atoms with Crippen molar-refractivity contribution in [2.24, 2.45) is 0 Å². The van der Waals surface area contributed by atoms with E-state index in [0.717, 1.165) is 25.5 Å². The molecular weight excluding hydrogens is 180 g/mol. The molecule has 0 saturated carbocycles. The third-order valence-electron chi connectivity index (χ3n) is 2.24. The zero-order valence-electron chi connectivity index (χ0n) is 8.18. The molecule has 2 N–H and O–H groups in total. The topological polar surface area (TPSA) is 64.3 Å². The normalized spacial score (nSPS) is 22.4. The third-order valence-corrected chi connectivity index (χ3v) is 2.24. The Balaban J connectivity index is 2.14. The lowest BCUT2D eigenvalue weighted by atomic mass is 10.3. The Bertz CT molecular complexity index is 317. The van der Waals surface area contributed by atoms with Crippen molar-refractivity contribution in [1.82, 2.24) is 9.97 Å². The molecule has 2 heterocycles. The average molecular weight is 194 g/mol. The van der Waals surface area contributed by atoms with Crippen molar-refractivity contribution < 1.29 is 4.74 Å². The fourth-order valence-electron chi connectivity index (χ4n) is 1.56. The molecule has 0 amide bonds. The molecule has 1 atom stereocenters. The van der Waals surface area contributed by atoms with Gasteiger partial charge in [-0.25, -0.2) is 9.97 Å². The van der Waals surface area contributed by atoms with Gasteiger partial charge < -0.3 is 15.4 Å². The maximum Gasteiger partial charge on any atom is 0.134 e. The van der Waals surface area contributed by atoms with Gasteiger partial charge in [0, 0.05) is 19.2 Å². The van der Waals surface area contributed by atoms with E-state index in [1.165, 1.54) is 6.33 Å². The summed E-state index contributed by atoms with van der Waals surface area (Å²) >= 11 is 0. The number of morpholine rings is 1. The van der Waals surface area contributed by atoms with E-state index < -0.39 is 0 Å². The van der Waals surface area contributed by atoms with E-state index >= 15 is 0 Å². The van der Waals surface area contributed by atoms with Crippen LogP contribution >= 0.6 is 0 Å². The molecule has 1 saturated heterocycles. The first-order valence-corrected chi connectivity index (χ1v) is 4.70. The summed E-state index contributed by atoms with van der Waals surface area (Å²) in [5, 5.41) is 0. The molecule has 1 aromatic heterocycles.